The second kappa shape index (κ2) is 8.53. The fourth-order valence-corrected chi connectivity index (χ4v) is 4.91. The van der Waals surface area contributed by atoms with Crippen LogP contribution < -0.4 is 5.32 Å². The number of aryl methyl sites for hydroxylation is 4. The lowest BCUT2D eigenvalue weighted by molar-refractivity contribution is -0.113. The van der Waals surface area contributed by atoms with Crippen molar-refractivity contribution in [2.75, 3.05) is 11.1 Å². The second-order valence-corrected chi connectivity index (χ2v) is 9.45. The number of hydrogen-bond acceptors (Lipinski definition) is 6. The third-order valence-corrected chi connectivity index (χ3v) is 6.65. The highest BCUT2D eigenvalue weighted by Gasteiger charge is 2.17. The maximum Gasteiger partial charge on any atom is 0.234 e. The van der Waals surface area contributed by atoms with Crippen molar-refractivity contribution >= 4 is 44.9 Å². The Kier molecular flexibility index (Phi) is 5.83. The zero-order chi connectivity index (χ0) is 21.3. The molecule has 0 aliphatic carbocycles. The standard InChI is InChI=1S/C23H22N4OS2/c1-13-5-8-17(9-6-13)20-22-21(24-16(4)30-22)23(27-26-20)29-12-19(28)25-18-10-7-14(2)11-15(18)3/h5-11H,12H2,1-4H3,(H,25,28). The van der Waals surface area contributed by atoms with Gasteiger partial charge in [-0.05, 0) is 39.3 Å². The quantitative estimate of drug-likeness (QED) is 0.407. The normalized spacial score (nSPS) is 11.1. The molecule has 0 unspecified atom stereocenters. The van der Waals surface area contributed by atoms with Gasteiger partial charge >= 0.3 is 0 Å². The minimum atomic E-state index is -0.0727. The second-order valence-electron chi connectivity index (χ2n) is 7.29. The number of amides is 1. The highest BCUT2D eigenvalue weighted by atomic mass is 32.2. The van der Waals surface area contributed by atoms with Gasteiger partial charge in [0.2, 0.25) is 5.91 Å². The first-order valence-electron chi connectivity index (χ1n) is 9.61. The summed E-state index contributed by atoms with van der Waals surface area (Å²) < 4.78 is 1.00. The molecule has 1 amide bonds. The first-order chi connectivity index (χ1) is 14.4. The van der Waals surface area contributed by atoms with Crippen LogP contribution >= 0.6 is 23.1 Å². The SMILES string of the molecule is Cc1ccc(-c2nnc(SCC(=O)Nc3ccc(C)cc3C)c3nc(C)sc23)cc1. The summed E-state index contributed by atoms with van der Waals surface area (Å²) in [6.07, 6.45) is 0. The first kappa shape index (κ1) is 20.5. The Labute approximate surface area is 184 Å². The number of fused-ring (bicyclic) bond motifs is 1. The molecule has 152 valence electrons. The number of thioether (sulfide) groups is 1. The lowest BCUT2D eigenvalue weighted by Crippen LogP contribution is -2.15. The van der Waals surface area contributed by atoms with Crippen LogP contribution in [0.1, 0.15) is 21.7 Å². The lowest BCUT2D eigenvalue weighted by Gasteiger charge is -2.09. The zero-order valence-electron chi connectivity index (χ0n) is 17.3. The number of carbonyl (C=O) groups excluding carboxylic acids is 1. The molecular formula is C23H22N4OS2. The molecule has 7 heteroatoms. The average molecular weight is 435 g/mol. The Bertz CT molecular complexity index is 1230. The van der Waals surface area contributed by atoms with E-state index in [0.29, 0.717) is 5.03 Å². The number of carbonyl (C=O) groups is 1. The molecule has 0 saturated heterocycles. The maximum atomic E-state index is 12.5. The molecule has 4 aromatic rings. The molecule has 0 fully saturated rings. The first-order valence-corrected chi connectivity index (χ1v) is 11.4. The molecule has 0 spiro atoms. The van der Waals surface area contributed by atoms with Gasteiger partial charge in [0.1, 0.15) is 16.2 Å². The summed E-state index contributed by atoms with van der Waals surface area (Å²) in [5, 5.41) is 13.5. The molecule has 0 bridgehead atoms. The van der Waals surface area contributed by atoms with Gasteiger partial charge < -0.3 is 5.32 Å². The van der Waals surface area contributed by atoms with Gasteiger partial charge in [0.15, 0.2) is 0 Å². The van der Waals surface area contributed by atoms with Gasteiger partial charge in [0, 0.05) is 11.3 Å². The van der Waals surface area contributed by atoms with Crippen LogP contribution in [0, 0.1) is 27.7 Å². The van der Waals surface area contributed by atoms with Crippen molar-refractivity contribution in [1.82, 2.24) is 15.2 Å². The minimum absolute atomic E-state index is 0.0727. The predicted octanol–water partition coefficient (Wildman–Crippen LogP) is 5.72. The third-order valence-electron chi connectivity index (χ3n) is 4.71. The van der Waals surface area contributed by atoms with E-state index in [0.717, 1.165) is 37.7 Å². The molecule has 0 radical (unpaired) electrons. The molecule has 4 rings (SSSR count). The van der Waals surface area contributed by atoms with E-state index in [1.165, 1.54) is 22.9 Å². The summed E-state index contributed by atoms with van der Waals surface area (Å²) in [5.41, 5.74) is 6.92. The molecule has 0 aliphatic heterocycles. The number of anilines is 1. The van der Waals surface area contributed by atoms with Crippen LogP contribution in [0.4, 0.5) is 5.69 Å². The van der Waals surface area contributed by atoms with Crippen molar-refractivity contribution in [2.24, 2.45) is 0 Å². The number of aromatic nitrogens is 3. The van der Waals surface area contributed by atoms with Gasteiger partial charge in [-0.3, -0.25) is 4.79 Å². The highest BCUT2D eigenvalue weighted by molar-refractivity contribution is 8.00. The Balaban J connectivity index is 1.55. The topological polar surface area (TPSA) is 67.8 Å². The van der Waals surface area contributed by atoms with E-state index in [1.807, 2.05) is 32.9 Å². The van der Waals surface area contributed by atoms with Crippen LogP contribution in [0.25, 0.3) is 21.5 Å². The molecule has 0 aliphatic rings. The molecule has 2 heterocycles. The molecular weight excluding hydrogens is 412 g/mol. The highest BCUT2D eigenvalue weighted by Crippen LogP contribution is 2.35. The van der Waals surface area contributed by atoms with E-state index in [1.54, 1.807) is 11.3 Å². The van der Waals surface area contributed by atoms with Crippen molar-refractivity contribution < 1.29 is 4.79 Å². The Morgan fingerprint density at radius 1 is 1.00 bits per heavy atom. The smallest absolute Gasteiger partial charge is 0.234 e. The molecule has 1 N–H and O–H groups in total. The van der Waals surface area contributed by atoms with Crippen LogP contribution in [-0.2, 0) is 4.79 Å². The average Bonchev–Trinajstić information content (AvgIpc) is 3.10. The number of thiazole rings is 1. The monoisotopic (exact) mass is 434 g/mol. The fourth-order valence-electron chi connectivity index (χ4n) is 3.19. The number of nitrogens with one attached hydrogen (secondary N) is 1. The van der Waals surface area contributed by atoms with Gasteiger partial charge in [-0.25, -0.2) is 4.98 Å². The van der Waals surface area contributed by atoms with E-state index < -0.39 is 0 Å². The minimum Gasteiger partial charge on any atom is -0.325 e. The number of rotatable bonds is 5. The van der Waals surface area contributed by atoms with E-state index in [-0.39, 0.29) is 11.7 Å². The van der Waals surface area contributed by atoms with Crippen LogP contribution in [0.5, 0.6) is 0 Å². The van der Waals surface area contributed by atoms with Gasteiger partial charge in [-0.2, -0.15) is 0 Å². The van der Waals surface area contributed by atoms with E-state index >= 15 is 0 Å². The van der Waals surface area contributed by atoms with E-state index in [2.05, 4.69) is 57.8 Å². The summed E-state index contributed by atoms with van der Waals surface area (Å²) in [6, 6.07) is 14.2. The van der Waals surface area contributed by atoms with Gasteiger partial charge in [0.25, 0.3) is 0 Å². The summed E-state index contributed by atoms with van der Waals surface area (Å²) >= 11 is 2.97. The molecule has 5 nitrogen and oxygen atoms in total. The molecule has 0 saturated carbocycles. The van der Waals surface area contributed by atoms with Crippen molar-refractivity contribution in [3.05, 3.63) is 64.2 Å². The Morgan fingerprint density at radius 2 is 1.73 bits per heavy atom. The summed E-state index contributed by atoms with van der Waals surface area (Å²) in [5.74, 6) is 0.175. The maximum absolute atomic E-state index is 12.5. The predicted molar refractivity (Wildman–Crippen MR) is 125 cm³/mol. The summed E-state index contributed by atoms with van der Waals surface area (Å²) in [6.45, 7) is 8.07. The van der Waals surface area contributed by atoms with Crippen molar-refractivity contribution in [3.63, 3.8) is 0 Å². The zero-order valence-corrected chi connectivity index (χ0v) is 18.9. The van der Waals surface area contributed by atoms with Gasteiger partial charge in [0.05, 0.1) is 15.5 Å². The van der Waals surface area contributed by atoms with Crippen molar-refractivity contribution in [3.8, 4) is 11.3 Å². The van der Waals surface area contributed by atoms with Crippen molar-refractivity contribution in [2.45, 2.75) is 32.7 Å². The van der Waals surface area contributed by atoms with Crippen LogP contribution in [-0.4, -0.2) is 26.8 Å². The molecule has 2 aromatic carbocycles. The van der Waals surface area contributed by atoms with Crippen LogP contribution in [0.3, 0.4) is 0 Å². The number of benzene rings is 2. The largest absolute Gasteiger partial charge is 0.325 e. The Morgan fingerprint density at radius 3 is 2.47 bits per heavy atom. The van der Waals surface area contributed by atoms with Crippen LogP contribution in [0.2, 0.25) is 0 Å². The summed E-state index contributed by atoms with van der Waals surface area (Å²) in [7, 11) is 0. The summed E-state index contributed by atoms with van der Waals surface area (Å²) in [4.78, 5) is 17.2. The number of nitrogens with zero attached hydrogens (tertiary/aromatic N) is 3. The van der Waals surface area contributed by atoms with Gasteiger partial charge in [-0.1, -0.05) is 59.3 Å². The molecule has 30 heavy (non-hydrogen) atoms. The van der Waals surface area contributed by atoms with E-state index in [4.69, 9.17) is 0 Å². The van der Waals surface area contributed by atoms with Crippen molar-refractivity contribution in [1.29, 1.82) is 0 Å². The van der Waals surface area contributed by atoms with Crippen LogP contribution in [0.15, 0.2) is 47.5 Å². The third kappa shape index (κ3) is 4.37. The Hall–Kier alpha value is -2.77. The molecule has 2 aromatic heterocycles. The van der Waals surface area contributed by atoms with E-state index in [9.17, 15) is 4.79 Å². The number of hydrogen-bond donors (Lipinski definition) is 1. The van der Waals surface area contributed by atoms with Gasteiger partial charge in [-0.15, -0.1) is 21.5 Å². The molecule has 0 atom stereocenters. The fraction of sp³-hybridized carbons (Fsp3) is 0.217. The lowest BCUT2D eigenvalue weighted by atomic mass is 10.1.